The molecule has 1 aromatic heterocycles. The van der Waals surface area contributed by atoms with E-state index < -0.39 is 11.7 Å². The average Bonchev–Trinajstić information content (AvgIpc) is 2.49. The maximum Gasteiger partial charge on any atom is 0.258 e. The lowest BCUT2D eigenvalue weighted by molar-refractivity contribution is -0.120. The standard InChI is InChI=1S/C13H12ClFN4O2/c1-21-13-12(16-5-6-17-13)19-18-11(20)7-8-9(14)3-2-4-10(8)15/h2-6H,7H2,1H3,(H,16,19)(H,18,20). The summed E-state index contributed by atoms with van der Waals surface area (Å²) in [4.78, 5) is 19.7. The molecule has 1 heterocycles. The molecule has 2 aromatic rings. The molecule has 110 valence electrons. The van der Waals surface area contributed by atoms with Gasteiger partial charge >= 0.3 is 0 Å². The topological polar surface area (TPSA) is 76.1 Å². The third-order valence-corrected chi connectivity index (χ3v) is 2.93. The quantitative estimate of drug-likeness (QED) is 0.826. The van der Waals surface area contributed by atoms with Crippen molar-refractivity contribution in [3.05, 3.63) is 47.0 Å². The number of nitrogens with one attached hydrogen (secondary N) is 2. The summed E-state index contributed by atoms with van der Waals surface area (Å²) in [6.45, 7) is 0. The first-order chi connectivity index (χ1) is 10.1. The Morgan fingerprint density at radius 3 is 2.86 bits per heavy atom. The van der Waals surface area contributed by atoms with E-state index in [2.05, 4.69) is 20.8 Å². The normalized spacial score (nSPS) is 10.0. The molecule has 0 bridgehead atoms. The number of amides is 1. The first kappa shape index (κ1) is 15.0. The number of methoxy groups -OCH3 is 1. The van der Waals surface area contributed by atoms with Crippen molar-refractivity contribution in [1.82, 2.24) is 15.4 Å². The number of rotatable bonds is 5. The number of nitrogens with zero attached hydrogens (tertiary/aromatic N) is 2. The fourth-order valence-electron chi connectivity index (χ4n) is 1.60. The Hall–Kier alpha value is -2.41. The van der Waals surface area contributed by atoms with Gasteiger partial charge in [0.25, 0.3) is 5.88 Å². The number of carbonyl (C=O) groups is 1. The monoisotopic (exact) mass is 310 g/mol. The number of hydrogen-bond acceptors (Lipinski definition) is 5. The van der Waals surface area contributed by atoms with Crippen LogP contribution in [0.1, 0.15) is 5.56 Å². The lowest BCUT2D eigenvalue weighted by atomic mass is 10.1. The Morgan fingerprint density at radius 2 is 2.14 bits per heavy atom. The Morgan fingerprint density at radius 1 is 1.38 bits per heavy atom. The van der Waals surface area contributed by atoms with Gasteiger partial charge in [0.05, 0.1) is 13.5 Å². The molecule has 0 fully saturated rings. The SMILES string of the molecule is COc1nccnc1NNC(=O)Cc1c(F)cccc1Cl. The summed E-state index contributed by atoms with van der Waals surface area (Å²) in [7, 11) is 1.43. The van der Waals surface area contributed by atoms with E-state index >= 15 is 0 Å². The van der Waals surface area contributed by atoms with Crippen molar-refractivity contribution in [2.24, 2.45) is 0 Å². The Kier molecular flexibility index (Phi) is 4.89. The van der Waals surface area contributed by atoms with E-state index in [1.165, 1.54) is 37.7 Å². The number of ether oxygens (including phenoxy) is 1. The van der Waals surface area contributed by atoms with Crippen molar-refractivity contribution in [2.45, 2.75) is 6.42 Å². The molecule has 6 nitrogen and oxygen atoms in total. The first-order valence-corrected chi connectivity index (χ1v) is 6.32. The minimum absolute atomic E-state index is 0.129. The molecular formula is C13H12ClFN4O2. The van der Waals surface area contributed by atoms with Gasteiger partial charge in [0.1, 0.15) is 5.82 Å². The number of carbonyl (C=O) groups excluding carboxylic acids is 1. The molecule has 2 N–H and O–H groups in total. The van der Waals surface area contributed by atoms with Crippen LogP contribution in [0.2, 0.25) is 5.02 Å². The van der Waals surface area contributed by atoms with Gasteiger partial charge in [0.2, 0.25) is 11.7 Å². The van der Waals surface area contributed by atoms with Gasteiger partial charge in [0.15, 0.2) is 0 Å². The second kappa shape index (κ2) is 6.85. The van der Waals surface area contributed by atoms with Gasteiger partial charge in [-0.05, 0) is 12.1 Å². The molecule has 0 spiro atoms. The van der Waals surface area contributed by atoms with Gasteiger partial charge in [-0.25, -0.2) is 14.4 Å². The van der Waals surface area contributed by atoms with Crippen molar-refractivity contribution in [2.75, 3.05) is 12.5 Å². The van der Waals surface area contributed by atoms with Crippen LogP contribution >= 0.6 is 11.6 Å². The van der Waals surface area contributed by atoms with Gasteiger partial charge < -0.3 is 4.74 Å². The Bertz CT molecular complexity index is 634. The van der Waals surface area contributed by atoms with Gasteiger partial charge in [-0.1, -0.05) is 17.7 Å². The highest BCUT2D eigenvalue weighted by atomic mass is 35.5. The number of benzene rings is 1. The van der Waals surface area contributed by atoms with E-state index in [1.54, 1.807) is 0 Å². The van der Waals surface area contributed by atoms with E-state index in [1.807, 2.05) is 0 Å². The number of anilines is 1. The molecule has 1 amide bonds. The van der Waals surface area contributed by atoms with E-state index in [0.717, 1.165) is 0 Å². The fraction of sp³-hybridized carbons (Fsp3) is 0.154. The van der Waals surface area contributed by atoms with Crippen LogP contribution in [0.15, 0.2) is 30.6 Å². The molecule has 0 saturated heterocycles. The zero-order chi connectivity index (χ0) is 15.2. The van der Waals surface area contributed by atoms with Gasteiger partial charge in [-0.3, -0.25) is 15.6 Å². The first-order valence-electron chi connectivity index (χ1n) is 5.94. The zero-order valence-electron chi connectivity index (χ0n) is 11.1. The highest BCUT2D eigenvalue weighted by Crippen LogP contribution is 2.19. The van der Waals surface area contributed by atoms with Crippen molar-refractivity contribution in [3.8, 4) is 5.88 Å². The van der Waals surface area contributed by atoms with E-state index in [-0.39, 0.29) is 28.7 Å². The van der Waals surface area contributed by atoms with Crippen molar-refractivity contribution in [3.63, 3.8) is 0 Å². The summed E-state index contributed by atoms with van der Waals surface area (Å²) in [6.07, 6.45) is 2.68. The lowest BCUT2D eigenvalue weighted by Crippen LogP contribution is -2.31. The minimum atomic E-state index is -0.533. The minimum Gasteiger partial charge on any atom is -0.478 e. The fourth-order valence-corrected chi connectivity index (χ4v) is 1.83. The lowest BCUT2D eigenvalue weighted by Gasteiger charge is -2.10. The predicted octanol–water partition coefficient (Wildman–Crippen LogP) is 1.96. The third kappa shape index (κ3) is 3.79. The van der Waals surface area contributed by atoms with Crippen LogP contribution in [-0.2, 0) is 11.2 Å². The van der Waals surface area contributed by atoms with Crippen LogP contribution in [0.5, 0.6) is 5.88 Å². The van der Waals surface area contributed by atoms with Crippen molar-refractivity contribution in [1.29, 1.82) is 0 Å². The summed E-state index contributed by atoms with van der Waals surface area (Å²) in [5.41, 5.74) is 5.07. The Balaban J connectivity index is 1.99. The summed E-state index contributed by atoms with van der Waals surface area (Å²) < 4.78 is 18.5. The van der Waals surface area contributed by atoms with Gasteiger partial charge in [-0.15, -0.1) is 0 Å². The van der Waals surface area contributed by atoms with Crippen LogP contribution in [-0.4, -0.2) is 23.0 Å². The number of aromatic nitrogens is 2. The largest absolute Gasteiger partial charge is 0.478 e. The van der Waals surface area contributed by atoms with Crippen LogP contribution in [0.3, 0.4) is 0 Å². The van der Waals surface area contributed by atoms with Crippen LogP contribution in [0.4, 0.5) is 10.2 Å². The summed E-state index contributed by atoms with van der Waals surface area (Å²) in [6, 6.07) is 4.24. The highest BCUT2D eigenvalue weighted by Gasteiger charge is 2.12. The molecule has 0 radical (unpaired) electrons. The summed E-state index contributed by atoms with van der Waals surface area (Å²) >= 11 is 5.86. The molecule has 0 unspecified atom stereocenters. The molecule has 0 atom stereocenters. The van der Waals surface area contributed by atoms with Crippen molar-refractivity contribution >= 4 is 23.3 Å². The highest BCUT2D eigenvalue weighted by molar-refractivity contribution is 6.31. The van der Waals surface area contributed by atoms with Gasteiger partial charge in [0, 0.05) is 23.0 Å². The maximum absolute atomic E-state index is 13.6. The second-order valence-electron chi connectivity index (χ2n) is 3.96. The summed E-state index contributed by atoms with van der Waals surface area (Å²) in [5, 5.41) is 0.197. The number of hydrogen-bond donors (Lipinski definition) is 2. The molecule has 21 heavy (non-hydrogen) atoms. The molecule has 0 aliphatic heterocycles. The van der Waals surface area contributed by atoms with Gasteiger partial charge in [-0.2, -0.15) is 0 Å². The molecule has 0 aliphatic rings. The maximum atomic E-state index is 13.6. The molecule has 0 saturated carbocycles. The Labute approximate surface area is 125 Å². The number of halogens is 2. The van der Waals surface area contributed by atoms with Crippen LogP contribution in [0.25, 0.3) is 0 Å². The van der Waals surface area contributed by atoms with E-state index in [9.17, 15) is 9.18 Å². The summed E-state index contributed by atoms with van der Waals surface area (Å²) in [5.74, 6) is -0.542. The van der Waals surface area contributed by atoms with E-state index in [4.69, 9.17) is 16.3 Å². The molecular weight excluding hydrogens is 299 g/mol. The molecule has 0 aliphatic carbocycles. The molecule has 2 rings (SSSR count). The smallest absolute Gasteiger partial charge is 0.258 e. The van der Waals surface area contributed by atoms with Crippen LogP contribution in [0, 0.1) is 5.82 Å². The molecule has 8 heteroatoms. The molecule has 1 aromatic carbocycles. The van der Waals surface area contributed by atoms with Crippen LogP contribution < -0.4 is 15.6 Å². The predicted molar refractivity (Wildman–Crippen MR) is 75.5 cm³/mol. The third-order valence-electron chi connectivity index (χ3n) is 2.58. The van der Waals surface area contributed by atoms with Crippen molar-refractivity contribution < 1.29 is 13.9 Å². The zero-order valence-corrected chi connectivity index (χ0v) is 11.8. The average molecular weight is 311 g/mol. The second-order valence-corrected chi connectivity index (χ2v) is 4.37. The van der Waals surface area contributed by atoms with E-state index in [0.29, 0.717) is 0 Å². The number of hydrazine groups is 1.